The lowest BCUT2D eigenvalue weighted by Gasteiger charge is -2.41. The van der Waals surface area contributed by atoms with E-state index in [2.05, 4.69) is 13.8 Å². The summed E-state index contributed by atoms with van der Waals surface area (Å²) in [6.07, 6.45) is 12.9. The highest BCUT2D eigenvalue weighted by atomic mass is 14.7. The molecule has 2 fully saturated rings. The summed E-state index contributed by atoms with van der Waals surface area (Å²) in [5, 5.41) is 0. The number of nitrogens with two attached hydrogens (primary N) is 1. The van der Waals surface area contributed by atoms with E-state index < -0.39 is 0 Å². The van der Waals surface area contributed by atoms with Gasteiger partial charge in [0.1, 0.15) is 0 Å². The topological polar surface area (TPSA) is 26.0 Å². The van der Waals surface area contributed by atoms with E-state index in [-0.39, 0.29) is 0 Å². The largest absolute Gasteiger partial charge is 0.327 e. The predicted molar refractivity (Wildman–Crippen MR) is 74.8 cm³/mol. The maximum Gasteiger partial charge on any atom is 0.00673 e. The van der Waals surface area contributed by atoms with Crippen LogP contribution in [-0.2, 0) is 0 Å². The smallest absolute Gasteiger partial charge is 0.00673 e. The summed E-state index contributed by atoms with van der Waals surface area (Å²) in [4.78, 5) is 0. The first-order chi connectivity index (χ1) is 8.16. The maximum atomic E-state index is 6.42. The van der Waals surface area contributed by atoms with Crippen LogP contribution in [0.2, 0.25) is 0 Å². The summed E-state index contributed by atoms with van der Waals surface area (Å²) >= 11 is 0. The minimum absolute atomic E-state index is 0.486. The van der Waals surface area contributed by atoms with Crippen molar-refractivity contribution in [2.45, 2.75) is 77.7 Å². The minimum Gasteiger partial charge on any atom is -0.327 e. The third kappa shape index (κ3) is 3.71. The lowest BCUT2D eigenvalue weighted by Crippen LogP contribution is -2.37. The molecule has 0 saturated heterocycles. The van der Waals surface area contributed by atoms with Gasteiger partial charge in [-0.3, -0.25) is 0 Å². The third-order valence-electron chi connectivity index (χ3n) is 5.26. The Morgan fingerprint density at radius 2 is 1.65 bits per heavy atom. The van der Waals surface area contributed by atoms with Gasteiger partial charge in [0.25, 0.3) is 0 Å². The molecule has 0 amide bonds. The molecule has 0 radical (unpaired) electrons. The van der Waals surface area contributed by atoms with Gasteiger partial charge < -0.3 is 5.73 Å². The first-order valence-corrected chi connectivity index (χ1v) is 7.92. The van der Waals surface area contributed by atoms with Crippen molar-refractivity contribution in [3.05, 3.63) is 0 Å². The van der Waals surface area contributed by atoms with Crippen molar-refractivity contribution in [1.82, 2.24) is 0 Å². The van der Waals surface area contributed by atoms with Crippen molar-refractivity contribution in [3.63, 3.8) is 0 Å². The Balaban J connectivity index is 1.78. The van der Waals surface area contributed by atoms with E-state index >= 15 is 0 Å². The van der Waals surface area contributed by atoms with E-state index in [4.69, 9.17) is 5.73 Å². The molecular weight excluding hydrogens is 206 g/mol. The van der Waals surface area contributed by atoms with E-state index in [1.54, 1.807) is 0 Å². The van der Waals surface area contributed by atoms with Crippen LogP contribution in [-0.4, -0.2) is 6.04 Å². The fourth-order valence-electron chi connectivity index (χ4n) is 4.06. The molecule has 0 heterocycles. The van der Waals surface area contributed by atoms with Crippen LogP contribution in [0.5, 0.6) is 0 Å². The first-order valence-electron chi connectivity index (χ1n) is 7.92. The zero-order valence-corrected chi connectivity index (χ0v) is 11.8. The quantitative estimate of drug-likeness (QED) is 0.772. The molecule has 17 heavy (non-hydrogen) atoms. The average Bonchev–Trinajstić information content (AvgIpc) is 2.35. The van der Waals surface area contributed by atoms with Gasteiger partial charge >= 0.3 is 0 Å². The fraction of sp³-hybridized carbons (Fsp3) is 1.00. The van der Waals surface area contributed by atoms with Crippen molar-refractivity contribution in [3.8, 4) is 0 Å². The molecule has 0 aliphatic heterocycles. The van der Waals surface area contributed by atoms with Crippen LogP contribution in [0.4, 0.5) is 0 Å². The Bertz CT molecular complexity index is 224. The molecule has 4 unspecified atom stereocenters. The Morgan fingerprint density at radius 1 is 0.941 bits per heavy atom. The highest BCUT2D eigenvalue weighted by molar-refractivity contribution is 4.87. The van der Waals surface area contributed by atoms with Crippen LogP contribution in [0.15, 0.2) is 0 Å². The van der Waals surface area contributed by atoms with E-state index in [0.29, 0.717) is 6.04 Å². The molecule has 0 aromatic heterocycles. The van der Waals surface area contributed by atoms with Gasteiger partial charge in [-0.25, -0.2) is 0 Å². The minimum atomic E-state index is 0.486. The van der Waals surface area contributed by atoms with Gasteiger partial charge in [-0.1, -0.05) is 39.5 Å². The summed E-state index contributed by atoms with van der Waals surface area (Å²) in [6.45, 7) is 4.62. The highest BCUT2D eigenvalue weighted by Gasteiger charge is 2.34. The van der Waals surface area contributed by atoms with Crippen LogP contribution in [0, 0.1) is 23.7 Å². The summed E-state index contributed by atoms with van der Waals surface area (Å²) in [6, 6.07) is 0.486. The highest BCUT2D eigenvalue weighted by Crippen LogP contribution is 2.43. The van der Waals surface area contributed by atoms with E-state index in [1.165, 1.54) is 57.8 Å². The van der Waals surface area contributed by atoms with Crippen molar-refractivity contribution in [1.29, 1.82) is 0 Å². The molecule has 0 bridgehead atoms. The van der Waals surface area contributed by atoms with E-state index in [1.807, 2.05) is 0 Å². The van der Waals surface area contributed by atoms with Crippen LogP contribution in [0.1, 0.15) is 71.6 Å². The Morgan fingerprint density at radius 3 is 2.35 bits per heavy atom. The van der Waals surface area contributed by atoms with Gasteiger partial charge in [0.2, 0.25) is 0 Å². The first kappa shape index (κ1) is 13.4. The molecule has 2 N–H and O–H groups in total. The van der Waals surface area contributed by atoms with Crippen LogP contribution >= 0.6 is 0 Å². The van der Waals surface area contributed by atoms with Gasteiger partial charge in [-0.05, 0) is 55.8 Å². The van der Waals surface area contributed by atoms with Crippen LogP contribution < -0.4 is 5.73 Å². The summed E-state index contributed by atoms with van der Waals surface area (Å²) < 4.78 is 0. The average molecular weight is 237 g/mol. The SMILES string of the molecule is CC(C)CCC(N)C1CCC2CCCCC2C1. The molecule has 0 aromatic carbocycles. The van der Waals surface area contributed by atoms with Crippen molar-refractivity contribution in [2.24, 2.45) is 29.4 Å². The van der Waals surface area contributed by atoms with Gasteiger partial charge in [-0.2, -0.15) is 0 Å². The van der Waals surface area contributed by atoms with Gasteiger partial charge in [0, 0.05) is 6.04 Å². The number of fused-ring (bicyclic) bond motifs is 1. The third-order valence-corrected chi connectivity index (χ3v) is 5.26. The second kappa shape index (κ2) is 6.22. The Kier molecular flexibility index (Phi) is 4.90. The fourth-order valence-corrected chi connectivity index (χ4v) is 4.06. The Labute approximate surface area is 108 Å². The summed E-state index contributed by atoms with van der Waals surface area (Å²) in [5.41, 5.74) is 6.42. The summed E-state index contributed by atoms with van der Waals surface area (Å²) in [7, 11) is 0. The normalized spacial score (nSPS) is 35.6. The van der Waals surface area contributed by atoms with Gasteiger partial charge in [0.05, 0.1) is 0 Å². The van der Waals surface area contributed by atoms with Crippen LogP contribution in [0.25, 0.3) is 0 Å². The second-order valence-electron chi connectivity index (χ2n) is 7.01. The number of hydrogen-bond donors (Lipinski definition) is 1. The lowest BCUT2D eigenvalue weighted by molar-refractivity contribution is 0.114. The molecular formula is C16H31N. The molecule has 2 aliphatic carbocycles. The van der Waals surface area contributed by atoms with Crippen LogP contribution in [0.3, 0.4) is 0 Å². The maximum absolute atomic E-state index is 6.42. The Hall–Kier alpha value is -0.0400. The van der Waals surface area contributed by atoms with Gasteiger partial charge in [0.15, 0.2) is 0 Å². The second-order valence-corrected chi connectivity index (χ2v) is 7.01. The van der Waals surface area contributed by atoms with Crippen molar-refractivity contribution < 1.29 is 0 Å². The lowest BCUT2D eigenvalue weighted by atomic mass is 9.66. The van der Waals surface area contributed by atoms with Gasteiger partial charge in [-0.15, -0.1) is 0 Å². The number of hydrogen-bond acceptors (Lipinski definition) is 1. The molecule has 100 valence electrons. The molecule has 0 spiro atoms. The zero-order chi connectivity index (χ0) is 12.3. The van der Waals surface area contributed by atoms with Crippen molar-refractivity contribution >= 4 is 0 Å². The molecule has 1 heteroatoms. The molecule has 2 aliphatic rings. The molecule has 2 rings (SSSR count). The predicted octanol–water partition coefficient (Wildman–Crippen LogP) is 4.36. The zero-order valence-electron chi connectivity index (χ0n) is 11.8. The molecule has 4 atom stereocenters. The monoisotopic (exact) mass is 237 g/mol. The number of rotatable bonds is 4. The standard InChI is InChI=1S/C16H31N/c1-12(2)7-10-16(17)15-9-8-13-5-3-4-6-14(13)11-15/h12-16H,3-11,17H2,1-2H3. The molecule has 2 saturated carbocycles. The molecule has 1 nitrogen and oxygen atoms in total. The summed E-state index contributed by atoms with van der Waals surface area (Å²) in [5.74, 6) is 3.75. The van der Waals surface area contributed by atoms with E-state index in [9.17, 15) is 0 Å². The van der Waals surface area contributed by atoms with E-state index in [0.717, 1.165) is 23.7 Å². The van der Waals surface area contributed by atoms with Crippen molar-refractivity contribution in [2.75, 3.05) is 0 Å². The molecule has 0 aromatic rings.